The molecule has 2 aliphatic rings. The van der Waals surface area contributed by atoms with Gasteiger partial charge in [0.15, 0.2) is 5.82 Å². The van der Waals surface area contributed by atoms with Gasteiger partial charge in [-0.05, 0) is 49.8 Å². The van der Waals surface area contributed by atoms with Gasteiger partial charge >= 0.3 is 0 Å². The molecule has 23 heavy (non-hydrogen) atoms. The van der Waals surface area contributed by atoms with Crippen LogP contribution in [-0.4, -0.2) is 10.1 Å². The minimum atomic E-state index is -0.412. The minimum Gasteiger partial charge on any atom is -0.338 e. The van der Waals surface area contributed by atoms with Gasteiger partial charge in [0.2, 0.25) is 5.89 Å². The van der Waals surface area contributed by atoms with Crippen molar-refractivity contribution >= 4 is 12.4 Å². The summed E-state index contributed by atoms with van der Waals surface area (Å²) in [7, 11) is 0. The van der Waals surface area contributed by atoms with Crippen molar-refractivity contribution in [1.82, 2.24) is 10.1 Å². The van der Waals surface area contributed by atoms with Gasteiger partial charge < -0.3 is 10.3 Å². The summed E-state index contributed by atoms with van der Waals surface area (Å²) in [6.45, 7) is 0. The first-order chi connectivity index (χ1) is 10.6. The molecule has 0 bridgehead atoms. The van der Waals surface area contributed by atoms with Gasteiger partial charge in [0.1, 0.15) is 5.82 Å². The number of nitrogens with two attached hydrogens (primary N) is 1. The first-order valence-electron chi connectivity index (χ1n) is 8.02. The zero-order chi connectivity index (χ0) is 15.2. The number of halogens is 2. The fraction of sp³-hybridized carbons (Fsp3) is 0.529. The lowest BCUT2D eigenvalue weighted by Crippen LogP contribution is -2.44. The Bertz CT molecular complexity index is 675. The topological polar surface area (TPSA) is 64.9 Å². The van der Waals surface area contributed by atoms with E-state index in [9.17, 15) is 4.39 Å². The molecule has 6 heteroatoms. The number of rotatable bonds is 3. The van der Waals surface area contributed by atoms with Crippen LogP contribution < -0.4 is 5.73 Å². The van der Waals surface area contributed by atoms with Crippen molar-refractivity contribution in [2.24, 2.45) is 5.73 Å². The van der Waals surface area contributed by atoms with E-state index in [1.165, 1.54) is 12.1 Å². The van der Waals surface area contributed by atoms with Crippen LogP contribution in [0.4, 0.5) is 4.39 Å². The predicted octanol–water partition coefficient (Wildman–Crippen LogP) is 3.83. The molecule has 2 aliphatic carbocycles. The van der Waals surface area contributed by atoms with E-state index in [4.69, 9.17) is 10.3 Å². The second-order valence-corrected chi connectivity index (χ2v) is 6.73. The van der Waals surface area contributed by atoms with Crippen molar-refractivity contribution in [2.45, 2.75) is 55.9 Å². The van der Waals surface area contributed by atoms with Crippen LogP contribution >= 0.6 is 12.4 Å². The van der Waals surface area contributed by atoms with Crippen molar-refractivity contribution in [3.05, 3.63) is 47.4 Å². The highest BCUT2D eigenvalue weighted by Crippen LogP contribution is 2.46. The first-order valence-corrected chi connectivity index (χ1v) is 8.02. The van der Waals surface area contributed by atoms with Crippen molar-refractivity contribution in [2.75, 3.05) is 0 Å². The first kappa shape index (κ1) is 16.4. The summed E-state index contributed by atoms with van der Waals surface area (Å²) in [6, 6.07) is 6.68. The molecular formula is C17H21ClFN3O. The molecule has 0 amide bonds. The molecule has 0 radical (unpaired) electrons. The highest BCUT2D eigenvalue weighted by molar-refractivity contribution is 5.85. The molecule has 2 fully saturated rings. The molecule has 4 nitrogen and oxygen atoms in total. The molecule has 2 aromatic rings. The molecule has 2 saturated carbocycles. The van der Waals surface area contributed by atoms with Crippen LogP contribution in [0.15, 0.2) is 28.8 Å². The normalized spacial score (nSPS) is 21.5. The Morgan fingerprint density at radius 3 is 2.22 bits per heavy atom. The fourth-order valence-electron chi connectivity index (χ4n) is 3.77. The monoisotopic (exact) mass is 337 g/mol. The van der Waals surface area contributed by atoms with Crippen LogP contribution in [0.1, 0.15) is 62.2 Å². The summed E-state index contributed by atoms with van der Waals surface area (Å²) in [5.41, 5.74) is 6.67. The van der Waals surface area contributed by atoms with Crippen LogP contribution in [0.3, 0.4) is 0 Å². The highest BCUT2D eigenvalue weighted by Gasteiger charge is 2.45. The summed E-state index contributed by atoms with van der Waals surface area (Å²) >= 11 is 0. The Morgan fingerprint density at radius 1 is 1.00 bits per heavy atom. The summed E-state index contributed by atoms with van der Waals surface area (Å²) in [5, 5.41) is 4.16. The molecule has 0 aliphatic heterocycles. The lowest BCUT2D eigenvalue weighted by atomic mass is 9.76. The smallest absolute Gasteiger partial charge is 0.237 e. The number of nitrogens with zero attached hydrogens (tertiary/aromatic N) is 2. The average molecular weight is 338 g/mol. The van der Waals surface area contributed by atoms with E-state index in [0.717, 1.165) is 50.5 Å². The lowest BCUT2D eigenvalue weighted by Gasteiger charge is -2.34. The largest absolute Gasteiger partial charge is 0.338 e. The molecule has 2 N–H and O–H groups in total. The third-order valence-electron chi connectivity index (χ3n) is 5.38. The Hall–Kier alpha value is -1.46. The van der Waals surface area contributed by atoms with E-state index in [1.54, 1.807) is 0 Å². The number of hydrogen-bond donors (Lipinski definition) is 1. The van der Waals surface area contributed by atoms with Gasteiger partial charge in [0.05, 0.1) is 11.0 Å². The average Bonchev–Trinajstić information content (AvgIpc) is 3.15. The van der Waals surface area contributed by atoms with Crippen LogP contribution in [-0.2, 0) is 11.0 Å². The maximum atomic E-state index is 13.2. The molecule has 0 spiro atoms. The summed E-state index contributed by atoms with van der Waals surface area (Å²) in [5.74, 6) is 1.05. The maximum Gasteiger partial charge on any atom is 0.237 e. The molecule has 1 aromatic carbocycles. The van der Waals surface area contributed by atoms with Crippen molar-refractivity contribution in [3.63, 3.8) is 0 Å². The molecule has 0 unspecified atom stereocenters. The number of benzene rings is 1. The quantitative estimate of drug-likeness (QED) is 0.924. The Balaban J connectivity index is 0.00000156. The van der Waals surface area contributed by atoms with Gasteiger partial charge in [-0.25, -0.2) is 4.39 Å². The molecule has 124 valence electrons. The maximum absolute atomic E-state index is 13.2. The molecule has 1 aromatic heterocycles. The minimum absolute atomic E-state index is 0. The van der Waals surface area contributed by atoms with Gasteiger partial charge in [0.25, 0.3) is 0 Å². The third kappa shape index (κ3) is 2.56. The Labute approximate surface area is 141 Å². The van der Waals surface area contributed by atoms with Gasteiger partial charge in [-0.1, -0.05) is 30.1 Å². The fourth-order valence-corrected chi connectivity index (χ4v) is 3.77. The SMILES string of the molecule is Cl.NC1(c2noc(C3(c4ccc(F)cc4)CCCC3)n2)CCC1. The Morgan fingerprint density at radius 2 is 1.65 bits per heavy atom. The van der Waals surface area contributed by atoms with Crippen LogP contribution in [0.25, 0.3) is 0 Å². The summed E-state index contributed by atoms with van der Waals surface area (Å²) < 4.78 is 18.9. The molecule has 0 atom stereocenters. The molecular weight excluding hydrogens is 317 g/mol. The van der Waals surface area contributed by atoms with E-state index >= 15 is 0 Å². The lowest BCUT2D eigenvalue weighted by molar-refractivity contribution is 0.227. The summed E-state index contributed by atoms with van der Waals surface area (Å²) in [6.07, 6.45) is 7.08. The van der Waals surface area contributed by atoms with Crippen molar-refractivity contribution in [3.8, 4) is 0 Å². The van der Waals surface area contributed by atoms with Gasteiger partial charge in [0, 0.05) is 0 Å². The highest BCUT2D eigenvalue weighted by atomic mass is 35.5. The molecule has 1 heterocycles. The van der Waals surface area contributed by atoms with E-state index in [1.807, 2.05) is 12.1 Å². The van der Waals surface area contributed by atoms with Gasteiger partial charge in [-0.15, -0.1) is 12.4 Å². The van der Waals surface area contributed by atoms with Crippen LogP contribution in [0.5, 0.6) is 0 Å². The second kappa shape index (κ2) is 5.87. The molecule has 0 saturated heterocycles. The number of hydrogen-bond acceptors (Lipinski definition) is 4. The molecule has 4 rings (SSSR count). The van der Waals surface area contributed by atoms with Crippen molar-refractivity contribution < 1.29 is 8.91 Å². The van der Waals surface area contributed by atoms with Crippen molar-refractivity contribution in [1.29, 1.82) is 0 Å². The zero-order valence-electron chi connectivity index (χ0n) is 12.9. The van der Waals surface area contributed by atoms with E-state index in [2.05, 4.69) is 10.1 Å². The van der Waals surface area contributed by atoms with Gasteiger partial charge in [-0.2, -0.15) is 4.98 Å². The standard InChI is InChI=1S/C17H20FN3O.ClH/c18-13-6-4-12(5-7-13)16(8-1-2-9-16)15-20-14(21-22-15)17(19)10-3-11-17;/h4-7H,1-3,8-11,19H2;1H. The Kier molecular flexibility index (Phi) is 4.19. The van der Waals surface area contributed by atoms with E-state index in [-0.39, 0.29) is 23.6 Å². The van der Waals surface area contributed by atoms with Gasteiger partial charge in [-0.3, -0.25) is 0 Å². The third-order valence-corrected chi connectivity index (χ3v) is 5.38. The van der Waals surface area contributed by atoms with E-state index in [0.29, 0.717) is 11.7 Å². The van der Waals surface area contributed by atoms with Crippen LogP contribution in [0.2, 0.25) is 0 Å². The number of aromatic nitrogens is 2. The zero-order valence-corrected chi connectivity index (χ0v) is 13.7. The summed E-state index contributed by atoms with van der Waals surface area (Å²) in [4.78, 5) is 4.66. The van der Waals surface area contributed by atoms with Crippen LogP contribution in [0, 0.1) is 5.82 Å². The predicted molar refractivity (Wildman–Crippen MR) is 86.9 cm³/mol. The second-order valence-electron chi connectivity index (χ2n) is 6.73. The van der Waals surface area contributed by atoms with E-state index < -0.39 is 5.54 Å².